The number of hydrogen-bond donors (Lipinski definition) is 1. The minimum Gasteiger partial charge on any atom is -0.493 e. The van der Waals surface area contributed by atoms with Gasteiger partial charge in [-0.15, -0.1) is 5.10 Å². The van der Waals surface area contributed by atoms with Crippen LogP contribution in [-0.4, -0.2) is 40.3 Å². The Morgan fingerprint density at radius 2 is 1.90 bits per heavy atom. The van der Waals surface area contributed by atoms with Gasteiger partial charge in [-0.1, -0.05) is 5.21 Å². The molecule has 0 aliphatic rings. The van der Waals surface area contributed by atoms with Gasteiger partial charge in [-0.2, -0.15) is 0 Å². The second-order valence-corrected chi connectivity index (χ2v) is 4.19. The zero-order chi connectivity index (χ0) is 15.4. The highest BCUT2D eigenvalue weighted by Gasteiger charge is 2.17. The third-order valence-electron chi connectivity index (χ3n) is 2.72. The van der Waals surface area contributed by atoms with Crippen LogP contribution in [-0.2, 0) is 13.7 Å². The van der Waals surface area contributed by atoms with E-state index in [1.807, 2.05) is 0 Å². The van der Waals surface area contributed by atoms with Gasteiger partial charge in [0.25, 0.3) is 0 Å². The number of aromatic carboxylic acids is 1. The molecular formula is C13H15N3O5. The van der Waals surface area contributed by atoms with E-state index in [1.54, 1.807) is 17.9 Å². The smallest absolute Gasteiger partial charge is 0.335 e. The number of rotatable bonds is 6. The van der Waals surface area contributed by atoms with Crippen molar-refractivity contribution in [3.8, 4) is 17.2 Å². The van der Waals surface area contributed by atoms with Crippen LogP contribution in [0.25, 0.3) is 0 Å². The van der Waals surface area contributed by atoms with Gasteiger partial charge < -0.3 is 19.3 Å². The van der Waals surface area contributed by atoms with Crippen molar-refractivity contribution < 1.29 is 24.1 Å². The maximum Gasteiger partial charge on any atom is 0.335 e. The van der Waals surface area contributed by atoms with Gasteiger partial charge in [0.05, 0.1) is 26.0 Å². The zero-order valence-electron chi connectivity index (χ0n) is 11.9. The van der Waals surface area contributed by atoms with Gasteiger partial charge in [-0.3, -0.25) is 4.68 Å². The summed E-state index contributed by atoms with van der Waals surface area (Å²) in [4.78, 5) is 11.1. The molecule has 1 N–H and O–H groups in total. The van der Waals surface area contributed by atoms with E-state index < -0.39 is 5.97 Å². The molecule has 0 unspecified atom stereocenters. The summed E-state index contributed by atoms with van der Waals surface area (Å²) in [6.45, 7) is 0.160. The number of methoxy groups -OCH3 is 2. The molecule has 112 valence electrons. The molecule has 1 heterocycles. The lowest BCUT2D eigenvalue weighted by atomic mass is 10.2. The molecule has 8 nitrogen and oxygen atoms in total. The molecule has 1 aromatic heterocycles. The fourth-order valence-electron chi connectivity index (χ4n) is 1.75. The van der Waals surface area contributed by atoms with E-state index in [2.05, 4.69) is 10.3 Å². The summed E-state index contributed by atoms with van der Waals surface area (Å²) >= 11 is 0. The lowest BCUT2D eigenvalue weighted by molar-refractivity contribution is 0.0696. The maximum atomic E-state index is 11.1. The zero-order valence-corrected chi connectivity index (χ0v) is 11.9. The highest BCUT2D eigenvalue weighted by Crippen LogP contribution is 2.39. The first-order valence-corrected chi connectivity index (χ1v) is 6.02. The van der Waals surface area contributed by atoms with Crippen LogP contribution in [0.4, 0.5) is 0 Å². The number of ether oxygens (including phenoxy) is 3. The molecule has 8 heteroatoms. The van der Waals surface area contributed by atoms with Crippen LogP contribution in [0.15, 0.2) is 18.3 Å². The number of carboxylic acid groups (broad SMARTS) is 1. The van der Waals surface area contributed by atoms with Gasteiger partial charge in [0, 0.05) is 7.05 Å². The van der Waals surface area contributed by atoms with Gasteiger partial charge in [-0.05, 0) is 12.1 Å². The highest BCUT2D eigenvalue weighted by atomic mass is 16.5. The first-order chi connectivity index (χ1) is 10.0. The summed E-state index contributed by atoms with van der Waals surface area (Å²) in [5, 5.41) is 16.8. The van der Waals surface area contributed by atoms with Crippen molar-refractivity contribution in [2.75, 3.05) is 14.2 Å². The molecule has 0 bridgehead atoms. The van der Waals surface area contributed by atoms with Gasteiger partial charge in [0.15, 0.2) is 11.5 Å². The van der Waals surface area contributed by atoms with E-state index in [0.717, 1.165) is 0 Å². The molecule has 0 amide bonds. The number of carbonyl (C=O) groups is 1. The lowest BCUT2D eigenvalue weighted by Gasteiger charge is -2.14. The molecule has 21 heavy (non-hydrogen) atoms. The molecule has 0 saturated carbocycles. The Hall–Kier alpha value is -2.77. The number of nitrogens with zero attached hydrogens (tertiary/aromatic N) is 3. The minimum absolute atomic E-state index is 0.0514. The molecule has 0 atom stereocenters. The van der Waals surface area contributed by atoms with Crippen molar-refractivity contribution in [3.63, 3.8) is 0 Å². The molecule has 0 spiro atoms. The Morgan fingerprint density at radius 1 is 1.29 bits per heavy atom. The van der Waals surface area contributed by atoms with E-state index in [1.165, 1.54) is 26.4 Å². The van der Waals surface area contributed by atoms with Gasteiger partial charge in [0.2, 0.25) is 5.75 Å². The van der Waals surface area contributed by atoms with Gasteiger partial charge >= 0.3 is 5.97 Å². The number of hydrogen-bond acceptors (Lipinski definition) is 6. The van der Waals surface area contributed by atoms with Gasteiger partial charge in [0.1, 0.15) is 12.3 Å². The average molecular weight is 293 g/mol. The molecule has 2 aromatic rings. The maximum absolute atomic E-state index is 11.1. The van der Waals surface area contributed by atoms with Crippen molar-refractivity contribution in [1.82, 2.24) is 15.0 Å². The highest BCUT2D eigenvalue weighted by molar-refractivity contribution is 5.89. The first kappa shape index (κ1) is 14.6. The predicted octanol–water partition coefficient (Wildman–Crippen LogP) is 1.11. The predicted molar refractivity (Wildman–Crippen MR) is 71.8 cm³/mol. The summed E-state index contributed by atoms with van der Waals surface area (Å²) in [5.74, 6) is -0.214. The van der Waals surface area contributed by atoms with E-state index in [4.69, 9.17) is 19.3 Å². The Labute approximate surface area is 120 Å². The van der Waals surface area contributed by atoms with E-state index in [0.29, 0.717) is 11.4 Å². The van der Waals surface area contributed by atoms with Crippen LogP contribution >= 0.6 is 0 Å². The van der Waals surface area contributed by atoms with Crippen LogP contribution in [0.5, 0.6) is 17.2 Å². The second-order valence-electron chi connectivity index (χ2n) is 4.19. The molecule has 0 saturated heterocycles. The number of carboxylic acids is 1. The summed E-state index contributed by atoms with van der Waals surface area (Å²) < 4.78 is 17.5. The number of aryl methyl sites for hydroxylation is 1. The van der Waals surface area contributed by atoms with Crippen molar-refractivity contribution >= 4 is 5.97 Å². The number of benzene rings is 1. The third-order valence-corrected chi connectivity index (χ3v) is 2.72. The Kier molecular flexibility index (Phi) is 4.27. The van der Waals surface area contributed by atoms with Crippen LogP contribution < -0.4 is 14.2 Å². The fourth-order valence-corrected chi connectivity index (χ4v) is 1.75. The minimum atomic E-state index is -1.08. The quantitative estimate of drug-likeness (QED) is 0.852. The summed E-state index contributed by atoms with van der Waals surface area (Å²) in [6, 6.07) is 2.74. The number of aromatic nitrogens is 3. The van der Waals surface area contributed by atoms with E-state index in [9.17, 15) is 4.79 Å². The van der Waals surface area contributed by atoms with Crippen molar-refractivity contribution in [3.05, 3.63) is 29.6 Å². The topological polar surface area (TPSA) is 95.7 Å². The Morgan fingerprint density at radius 3 is 2.33 bits per heavy atom. The normalized spacial score (nSPS) is 10.2. The van der Waals surface area contributed by atoms with Crippen molar-refractivity contribution in [2.45, 2.75) is 6.61 Å². The molecular weight excluding hydrogens is 278 g/mol. The molecule has 1 aromatic carbocycles. The van der Waals surface area contributed by atoms with Crippen LogP contribution in [0.3, 0.4) is 0 Å². The van der Waals surface area contributed by atoms with Crippen molar-refractivity contribution in [2.24, 2.45) is 7.05 Å². The largest absolute Gasteiger partial charge is 0.493 e. The molecule has 0 radical (unpaired) electrons. The molecule has 0 aliphatic heterocycles. The fraction of sp³-hybridized carbons (Fsp3) is 0.308. The summed E-state index contributed by atoms with van der Waals surface area (Å²) in [7, 11) is 4.60. The molecule has 0 aliphatic carbocycles. The second kappa shape index (κ2) is 6.12. The Bertz CT molecular complexity index is 628. The van der Waals surface area contributed by atoms with Crippen molar-refractivity contribution in [1.29, 1.82) is 0 Å². The van der Waals surface area contributed by atoms with Crippen LogP contribution in [0.1, 0.15) is 16.1 Å². The standard InChI is InChI=1S/C13H15N3O5/c1-16-6-9(14-15-16)7-21-12-10(19-2)4-8(13(17)18)5-11(12)20-3/h4-6H,7H2,1-3H3,(H,17,18). The summed E-state index contributed by atoms with van der Waals surface area (Å²) in [6.07, 6.45) is 1.71. The molecule has 2 rings (SSSR count). The Balaban J connectivity index is 2.30. The van der Waals surface area contributed by atoms with E-state index >= 15 is 0 Å². The first-order valence-electron chi connectivity index (χ1n) is 6.02. The van der Waals surface area contributed by atoms with E-state index in [-0.39, 0.29) is 23.7 Å². The summed E-state index contributed by atoms with van der Waals surface area (Å²) in [5.41, 5.74) is 0.680. The third kappa shape index (κ3) is 3.22. The SMILES string of the molecule is COc1cc(C(=O)O)cc(OC)c1OCc1cn(C)nn1. The monoisotopic (exact) mass is 293 g/mol. The van der Waals surface area contributed by atoms with Gasteiger partial charge in [-0.25, -0.2) is 4.79 Å². The van der Waals surface area contributed by atoms with Crippen LogP contribution in [0.2, 0.25) is 0 Å². The lowest BCUT2D eigenvalue weighted by Crippen LogP contribution is -2.04. The van der Waals surface area contributed by atoms with Crippen LogP contribution in [0, 0.1) is 0 Å². The average Bonchev–Trinajstić information content (AvgIpc) is 2.89. The molecule has 0 fully saturated rings.